The Labute approximate surface area is 200 Å². The SMILES string of the molecule is CS(=O)(=O)N(CC(=O)Nc1ccccc1SCc1ccc(Cl)cc1)c1ccccc1Br. The number of halogens is 2. The van der Waals surface area contributed by atoms with E-state index in [1.165, 1.54) is 0 Å². The summed E-state index contributed by atoms with van der Waals surface area (Å²) in [6, 6.07) is 21.9. The van der Waals surface area contributed by atoms with Crippen LogP contribution < -0.4 is 9.62 Å². The Morgan fingerprint density at radius 3 is 2.35 bits per heavy atom. The van der Waals surface area contributed by atoms with Crippen LogP contribution in [0.25, 0.3) is 0 Å². The Hall–Kier alpha value is -2.00. The van der Waals surface area contributed by atoms with Gasteiger partial charge in [0.1, 0.15) is 6.54 Å². The van der Waals surface area contributed by atoms with Crippen LogP contribution >= 0.6 is 39.3 Å². The van der Waals surface area contributed by atoms with Crippen molar-refractivity contribution in [3.05, 3.63) is 87.9 Å². The van der Waals surface area contributed by atoms with E-state index in [2.05, 4.69) is 21.2 Å². The van der Waals surface area contributed by atoms with Gasteiger partial charge in [-0.1, -0.05) is 48.0 Å². The summed E-state index contributed by atoms with van der Waals surface area (Å²) >= 11 is 10.9. The number of sulfonamides is 1. The molecule has 0 atom stereocenters. The summed E-state index contributed by atoms with van der Waals surface area (Å²) in [4.78, 5) is 13.6. The molecule has 0 aromatic heterocycles. The Balaban J connectivity index is 1.74. The van der Waals surface area contributed by atoms with E-state index in [4.69, 9.17) is 11.6 Å². The first-order valence-corrected chi connectivity index (χ1v) is 13.2. The van der Waals surface area contributed by atoms with Gasteiger partial charge in [-0.05, 0) is 57.9 Å². The van der Waals surface area contributed by atoms with E-state index in [-0.39, 0.29) is 6.54 Å². The average Bonchev–Trinajstić information content (AvgIpc) is 2.72. The van der Waals surface area contributed by atoms with Crippen LogP contribution in [0.4, 0.5) is 11.4 Å². The standard InChI is InChI=1S/C22H20BrClN2O3S2/c1-31(28,29)26(20-8-4-2-6-18(20)23)14-22(27)25-19-7-3-5-9-21(19)30-15-16-10-12-17(24)13-11-16/h2-13H,14-15H2,1H3,(H,25,27). The van der Waals surface area contributed by atoms with Crippen LogP contribution in [0.1, 0.15) is 5.56 Å². The molecule has 0 aliphatic carbocycles. The Bertz CT molecular complexity index is 1170. The summed E-state index contributed by atoms with van der Waals surface area (Å²) in [7, 11) is -3.66. The lowest BCUT2D eigenvalue weighted by atomic mass is 10.2. The molecule has 0 heterocycles. The number of hydrogen-bond acceptors (Lipinski definition) is 4. The summed E-state index contributed by atoms with van der Waals surface area (Å²) in [5.74, 6) is 0.275. The predicted molar refractivity (Wildman–Crippen MR) is 132 cm³/mol. The number of anilines is 2. The molecule has 0 spiro atoms. The first-order chi connectivity index (χ1) is 14.7. The predicted octanol–water partition coefficient (Wildman–Crippen LogP) is 5.80. The van der Waals surface area contributed by atoms with Crippen molar-refractivity contribution in [3.8, 4) is 0 Å². The van der Waals surface area contributed by atoms with E-state index in [0.29, 0.717) is 26.6 Å². The third-order valence-electron chi connectivity index (χ3n) is 4.28. The van der Waals surface area contributed by atoms with Crippen LogP contribution in [0.15, 0.2) is 82.2 Å². The summed E-state index contributed by atoms with van der Waals surface area (Å²) in [5, 5.41) is 3.53. The fourth-order valence-electron chi connectivity index (χ4n) is 2.79. The third kappa shape index (κ3) is 6.74. The normalized spacial score (nSPS) is 11.2. The van der Waals surface area contributed by atoms with Crippen LogP contribution in [-0.4, -0.2) is 27.1 Å². The number of amides is 1. The molecule has 5 nitrogen and oxygen atoms in total. The molecule has 0 saturated heterocycles. The zero-order valence-electron chi connectivity index (χ0n) is 16.6. The summed E-state index contributed by atoms with van der Waals surface area (Å²) in [6.45, 7) is -0.336. The van der Waals surface area contributed by atoms with Crippen LogP contribution in [-0.2, 0) is 20.6 Å². The maximum Gasteiger partial charge on any atom is 0.245 e. The van der Waals surface area contributed by atoms with Crippen molar-refractivity contribution in [2.24, 2.45) is 0 Å². The van der Waals surface area contributed by atoms with Gasteiger partial charge < -0.3 is 5.32 Å². The highest BCUT2D eigenvalue weighted by Gasteiger charge is 2.23. The lowest BCUT2D eigenvalue weighted by molar-refractivity contribution is -0.114. The maximum atomic E-state index is 12.8. The van der Waals surface area contributed by atoms with Crippen molar-refractivity contribution in [1.29, 1.82) is 0 Å². The van der Waals surface area contributed by atoms with Gasteiger partial charge in [-0.25, -0.2) is 8.42 Å². The van der Waals surface area contributed by atoms with Crippen molar-refractivity contribution in [2.45, 2.75) is 10.6 Å². The van der Waals surface area contributed by atoms with Crippen molar-refractivity contribution < 1.29 is 13.2 Å². The highest BCUT2D eigenvalue weighted by molar-refractivity contribution is 9.10. The van der Waals surface area contributed by atoms with Crippen LogP contribution in [0.2, 0.25) is 5.02 Å². The molecular formula is C22H20BrClN2O3S2. The van der Waals surface area contributed by atoms with Crippen molar-refractivity contribution >= 4 is 66.6 Å². The number of rotatable bonds is 8. The quantitative estimate of drug-likeness (QED) is 0.368. The zero-order chi connectivity index (χ0) is 22.4. The molecule has 0 unspecified atom stereocenters. The largest absolute Gasteiger partial charge is 0.323 e. The number of nitrogens with one attached hydrogen (secondary N) is 1. The number of para-hydroxylation sites is 2. The van der Waals surface area contributed by atoms with Crippen molar-refractivity contribution in [2.75, 3.05) is 22.4 Å². The summed E-state index contributed by atoms with van der Waals surface area (Å²) < 4.78 is 26.3. The Morgan fingerprint density at radius 2 is 1.68 bits per heavy atom. The number of carbonyl (C=O) groups excluding carboxylic acids is 1. The molecule has 0 bridgehead atoms. The summed E-state index contributed by atoms with van der Waals surface area (Å²) in [6.07, 6.45) is 1.08. The van der Waals surface area contributed by atoms with Gasteiger partial charge in [0, 0.05) is 20.1 Å². The molecule has 3 aromatic carbocycles. The van der Waals surface area contributed by atoms with Gasteiger partial charge in [-0.2, -0.15) is 0 Å². The number of benzene rings is 3. The minimum absolute atomic E-state index is 0.336. The fraction of sp³-hybridized carbons (Fsp3) is 0.136. The average molecular weight is 540 g/mol. The molecule has 0 aliphatic heterocycles. The minimum atomic E-state index is -3.66. The van der Waals surface area contributed by atoms with Gasteiger partial charge >= 0.3 is 0 Å². The van der Waals surface area contributed by atoms with Crippen LogP contribution in [0.3, 0.4) is 0 Å². The van der Waals surface area contributed by atoms with Crippen LogP contribution in [0, 0.1) is 0 Å². The van der Waals surface area contributed by atoms with Crippen molar-refractivity contribution in [3.63, 3.8) is 0 Å². The zero-order valence-corrected chi connectivity index (χ0v) is 20.6. The molecule has 0 radical (unpaired) electrons. The van der Waals surface area contributed by atoms with E-state index < -0.39 is 15.9 Å². The van der Waals surface area contributed by atoms with E-state index >= 15 is 0 Å². The molecule has 0 saturated carbocycles. The molecule has 9 heteroatoms. The van der Waals surface area contributed by atoms with E-state index in [1.807, 2.05) is 42.5 Å². The number of hydrogen-bond donors (Lipinski definition) is 1. The topological polar surface area (TPSA) is 66.5 Å². The highest BCUT2D eigenvalue weighted by Crippen LogP contribution is 2.31. The molecule has 162 valence electrons. The first-order valence-electron chi connectivity index (χ1n) is 9.22. The second-order valence-electron chi connectivity index (χ2n) is 6.68. The van der Waals surface area contributed by atoms with Gasteiger partial charge in [-0.3, -0.25) is 9.10 Å². The van der Waals surface area contributed by atoms with E-state index in [0.717, 1.165) is 21.0 Å². The maximum absolute atomic E-state index is 12.8. The van der Waals surface area contributed by atoms with Crippen LogP contribution in [0.5, 0.6) is 0 Å². The summed E-state index contributed by atoms with van der Waals surface area (Å²) in [5.41, 5.74) is 2.14. The molecule has 3 rings (SSSR count). The monoisotopic (exact) mass is 538 g/mol. The fourth-order valence-corrected chi connectivity index (χ4v) is 5.37. The molecule has 0 aliphatic rings. The van der Waals surface area contributed by atoms with Gasteiger partial charge in [-0.15, -0.1) is 11.8 Å². The molecule has 3 aromatic rings. The number of carbonyl (C=O) groups is 1. The van der Waals surface area contributed by atoms with Gasteiger partial charge in [0.2, 0.25) is 15.9 Å². The smallest absolute Gasteiger partial charge is 0.245 e. The molecule has 1 amide bonds. The Kier molecular flexibility index (Phi) is 8.05. The van der Waals surface area contributed by atoms with E-state index in [1.54, 1.807) is 42.1 Å². The van der Waals surface area contributed by atoms with Gasteiger partial charge in [0.05, 0.1) is 17.6 Å². The van der Waals surface area contributed by atoms with Crippen molar-refractivity contribution in [1.82, 2.24) is 0 Å². The highest BCUT2D eigenvalue weighted by atomic mass is 79.9. The third-order valence-corrected chi connectivity index (χ3v) is 7.47. The van der Waals surface area contributed by atoms with Gasteiger partial charge in [0.15, 0.2) is 0 Å². The Morgan fingerprint density at radius 1 is 1.03 bits per heavy atom. The second-order valence-corrected chi connectivity index (χ2v) is 10.9. The number of nitrogens with zero attached hydrogens (tertiary/aromatic N) is 1. The molecule has 31 heavy (non-hydrogen) atoms. The molecule has 1 N–H and O–H groups in total. The molecular weight excluding hydrogens is 520 g/mol. The lowest BCUT2D eigenvalue weighted by Crippen LogP contribution is -2.37. The van der Waals surface area contributed by atoms with Gasteiger partial charge in [0.25, 0.3) is 0 Å². The first kappa shape index (κ1) is 23.7. The van der Waals surface area contributed by atoms with E-state index in [9.17, 15) is 13.2 Å². The minimum Gasteiger partial charge on any atom is -0.323 e. The lowest BCUT2D eigenvalue weighted by Gasteiger charge is -2.23. The number of thioether (sulfide) groups is 1. The molecule has 0 fully saturated rings. The second kappa shape index (κ2) is 10.5.